The largest absolute Gasteiger partial charge is 0.474 e. The molecule has 4 heterocycles. The van der Waals surface area contributed by atoms with Crippen LogP contribution in [0.4, 0.5) is 36.0 Å². The van der Waals surface area contributed by atoms with E-state index in [0.717, 1.165) is 12.8 Å². The minimum atomic E-state index is -0.857. The molecular weight excluding hydrogens is 629 g/mol. The summed E-state index contributed by atoms with van der Waals surface area (Å²) in [6.07, 6.45) is 2.96. The number of amides is 3. The zero-order valence-corrected chi connectivity index (χ0v) is 28.4. The van der Waals surface area contributed by atoms with Crippen molar-refractivity contribution < 1.29 is 37.7 Å². The molecule has 0 bridgehead atoms. The predicted octanol–water partition coefficient (Wildman–Crippen LogP) is 7.67. The average molecular weight is 670 g/mol. The Balaban J connectivity index is 1.58. The van der Waals surface area contributed by atoms with E-state index in [1.54, 1.807) is 60.6 Å². The van der Waals surface area contributed by atoms with Crippen LogP contribution in [0.2, 0.25) is 0 Å². The first-order valence-electron chi connectivity index (χ1n) is 15.4. The quantitative estimate of drug-likeness (QED) is 0.284. The first-order chi connectivity index (χ1) is 22.1. The highest BCUT2D eigenvalue weighted by Gasteiger charge is 2.32. The monoisotopic (exact) mass is 669 g/mol. The van der Waals surface area contributed by atoms with Crippen LogP contribution in [0.1, 0.15) is 59.9 Å². The van der Waals surface area contributed by atoms with E-state index >= 15 is 4.39 Å². The molecule has 0 radical (unpaired) electrons. The molecule has 0 spiro atoms. The summed E-state index contributed by atoms with van der Waals surface area (Å²) >= 11 is 1.19. The number of anilines is 3. The van der Waals surface area contributed by atoms with Crippen LogP contribution < -0.4 is 20.3 Å². The molecule has 0 unspecified atom stereocenters. The molecule has 2 N–H and O–H groups in total. The van der Waals surface area contributed by atoms with Crippen LogP contribution in [0.3, 0.4) is 0 Å². The van der Waals surface area contributed by atoms with Crippen molar-refractivity contribution in [1.29, 1.82) is 0 Å². The highest BCUT2D eigenvalue weighted by Crippen LogP contribution is 2.42. The Kier molecular flexibility index (Phi) is 9.83. The fourth-order valence-corrected chi connectivity index (χ4v) is 6.15. The van der Waals surface area contributed by atoms with Gasteiger partial charge in [-0.1, -0.05) is 11.8 Å². The lowest BCUT2D eigenvalue weighted by molar-refractivity contribution is 0.0564. The molecule has 1 saturated heterocycles. The predicted molar refractivity (Wildman–Crippen MR) is 179 cm³/mol. The third kappa shape index (κ3) is 8.22. The van der Waals surface area contributed by atoms with Crippen LogP contribution in [0, 0.1) is 12.7 Å². The van der Waals surface area contributed by atoms with E-state index in [0.29, 0.717) is 35.4 Å². The van der Waals surface area contributed by atoms with Gasteiger partial charge in [0.05, 0.1) is 12.2 Å². The molecule has 47 heavy (non-hydrogen) atoms. The minimum Gasteiger partial charge on any atom is -0.474 e. The molecule has 3 amide bonds. The molecule has 1 aromatic carbocycles. The van der Waals surface area contributed by atoms with Crippen molar-refractivity contribution in [2.75, 3.05) is 41.9 Å². The smallest absolute Gasteiger partial charge is 0.415 e. The highest BCUT2D eigenvalue weighted by atomic mass is 32.2. The van der Waals surface area contributed by atoms with E-state index < -0.39 is 29.2 Å². The van der Waals surface area contributed by atoms with E-state index in [1.165, 1.54) is 29.1 Å². The number of carbonyl (C=O) groups excluding carboxylic acids is 3. The van der Waals surface area contributed by atoms with Gasteiger partial charge in [-0.2, -0.15) is 0 Å². The molecule has 2 aliphatic rings. The number of benzene rings is 1. The third-order valence-electron chi connectivity index (χ3n) is 7.26. The van der Waals surface area contributed by atoms with Gasteiger partial charge in [0.2, 0.25) is 5.88 Å². The third-order valence-corrected chi connectivity index (χ3v) is 8.38. The zero-order chi connectivity index (χ0) is 34.1. The molecule has 14 heteroatoms. The SMILES string of the molecule is Cc1c(-c2cc3cc(NC(=O)SC4CCOCC4)ncc3c(NC(=O)OC(C)(C)C)c2F)cnc2c1N(C(=O)OC(C)(C)C)CCO2. The standard InChI is InChI=1S/C33H40FN5O7S/c1-18-22(16-36-28-27(18)39(10-13-44-28)31(42)46-33(5,6)7)21-14-19-15-24(37-30(41)47-20-8-11-43-12-9-20)35-17-23(19)26(25(21)34)38-29(40)45-32(2,3)4/h14-17,20H,8-13H2,1-7H3,(H,38,40)(H,35,37,41). The second-order valence-electron chi connectivity index (χ2n) is 13.3. The van der Waals surface area contributed by atoms with Gasteiger partial charge in [-0.05, 0) is 84.4 Å². The molecule has 0 atom stereocenters. The summed E-state index contributed by atoms with van der Waals surface area (Å²) in [5.41, 5.74) is -0.430. The molecule has 252 valence electrons. The second-order valence-corrected chi connectivity index (χ2v) is 14.6. The molecule has 2 aliphatic heterocycles. The molecule has 0 aliphatic carbocycles. The van der Waals surface area contributed by atoms with Gasteiger partial charge >= 0.3 is 12.2 Å². The number of ether oxygens (including phenoxy) is 4. The number of carbonyl (C=O) groups is 3. The Labute approximate surface area is 277 Å². The van der Waals surface area contributed by atoms with Crippen molar-refractivity contribution >= 4 is 57.2 Å². The van der Waals surface area contributed by atoms with Gasteiger partial charge < -0.3 is 24.3 Å². The molecule has 12 nitrogen and oxygen atoms in total. The van der Waals surface area contributed by atoms with Crippen LogP contribution >= 0.6 is 11.8 Å². The number of thioether (sulfide) groups is 1. The second kappa shape index (κ2) is 13.5. The van der Waals surface area contributed by atoms with Crippen molar-refractivity contribution in [1.82, 2.24) is 9.97 Å². The van der Waals surface area contributed by atoms with E-state index in [1.807, 2.05) is 0 Å². The van der Waals surface area contributed by atoms with Crippen LogP contribution in [-0.2, 0) is 14.2 Å². The van der Waals surface area contributed by atoms with Gasteiger partial charge in [-0.15, -0.1) is 0 Å². The fourth-order valence-electron chi connectivity index (χ4n) is 5.25. The number of aromatic nitrogens is 2. The van der Waals surface area contributed by atoms with Gasteiger partial charge in [0.1, 0.15) is 29.3 Å². The van der Waals surface area contributed by atoms with Crippen molar-refractivity contribution in [2.45, 2.75) is 77.8 Å². The Morgan fingerprint density at radius 3 is 2.34 bits per heavy atom. The number of hydrogen-bond acceptors (Lipinski definition) is 10. The van der Waals surface area contributed by atoms with Crippen LogP contribution in [0.15, 0.2) is 24.5 Å². The number of rotatable bonds is 4. The van der Waals surface area contributed by atoms with Crippen molar-refractivity contribution in [3.63, 3.8) is 0 Å². The summed E-state index contributed by atoms with van der Waals surface area (Å²) in [6, 6.07) is 3.20. The summed E-state index contributed by atoms with van der Waals surface area (Å²) in [4.78, 5) is 49.1. The van der Waals surface area contributed by atoms with Crippen LogP contribution in [-0.4, -0.2) is 70.2 Å². The lowest BCUT2D eigenvalue weighted by atomic mass is 9.96. The molecule has 5 rings (SSSR count). The van der Waals surface area contributed by atoms with Gasteiger partial charge in [0.15, 0.2) is 5.82 Å². The maximum absolute atomic E-state index is 16.6. The zero-order valence-electron chi connectivity index (χ0n) is 27.6. The maximum Gasteiger partial charge on any atom is 0.415 e. The van der Waals surface area contributed by atoms with Crippen LogP contribution in [0.25, 0.3) is 21.9 Å². The van der Waals surface area contributed by atoms with Gasteiger partial charge in [0.25, 0.3) is 5.24 Å². The first kappa shape index (κ1) is 34.2. The van der Waals surface area contributed by atoms with Gasteiger partial charge in [-0.3, -0.25) is 15.0 Å². The minimum absolute atomic E-state index is 0.0890. The lowest BCUT2D eigenvalue weighted by Crippen LogP contribution is -2.42. The average Bonchev–Trinajstić information content (AvgIpc) is 2.97. The molecule has 3 aromatic rings. The number of pyridine rings is 2. The molecule has 2 aromatic heterocycles. The first-order valence-corrected chi connectivity index (χ1v) is 16.3. The molecule has 0 saturated carbocycles. The normalized spacial score (nSPS) is 15.4. The Hall–Kier alpha value is -4.17. The van der Waals surface area contributed by atoms with Gasteiger partial charge in [0, 0.05) is 47.4 Å². The number of nitrogens with one attached hydrogen (secondary N) is 2. The van der Waals surface area contributed by atoms with E-state index in [2.05, 4.69) is 20.6 Å². The number of nitrogens with zero attached hydrogens (tertiary/aromatic N) is 3. The van der Waals surface area contributed by atoms with Crippen molar-refractivity contribution in [2.24, 2.45) is 0 Å². The van der Waals surface area contributed by atoms with E-state index in [-0.39, 0.29) is 52.0 Å². The summed E-state index contributed by atoms with van der Waals surface area (Å²) in [5.74, 6) is -0.289. The lowest BCUT2D eigenvalue weighted by Gasteiger charge is -2.32. The fraction of sp³-hybridized carbons (Fsp3) is 0.485. The molecular formula is C33H40FN5O7S. The Morgan fingerprint density at radius 1 is 0.957 bits per heavy atom. The van der Waals surface area contributed by atoms with Crippen LogP contribution in [0.5, 0.6) is 5.88 Å². The van der Waals surface area contributed by atoms with Gasteiger partial charge in [-0.25, -0.2) is 23.9 Å². The van der Waals surface area contributed by atoms with Crippen molar-refractivity contribution in [3.05, 3.63) is 35.9 Å². The number of fused-ring (bicyclic) bond motifs is 2. The van der Waals surface area contributed by atoms with Crippen molar-refractivity contribution in [3.8, 4) is 17.0 Å². The summed E-state index contributed by atoms with van der Waals surface area (Å²) in [6.45, 7) is 13.8. The Morgan fingerprint density at radius 2 is 1.66 bits per heavy atom. The van der Waals surface area contributed by atoms with E-state index in [4.69, 9.17) is 18.9 Å². The number of halogens is 1. The Bertz CT molecular complexity index is 1700. The summed E-state index contributed by atoms with van der Waals surface area (Å²) < 4.78 is 38.8. The highest BCUT2D eigenvalue weighted by molar-refractivity contribution is 8.14. The summed E-state index contributed by atoms with van der Waals surface area (Å²) in [5, 5.41) is 6.01. The summed E-state index contributed by atoms with van der Waals surface area (Å²) in [7, 11) is 0. The van der Waals surface area contributed by atoms with E-state index in [9.17, 15) is 14.4 Å². The number of hydrogen-bond donors (Lipinski definition) is 2. The maximum atomic E-state index is 16.6. The topological polar surface area (TPSA) is 141 Å². The molecule has 1 fully saturated rings.